The van der Waals surface area contributed by atoms with Crippen molar-refractivity contribution in [3.63, 3.8) is 0 Å². The Morgan fingerprint density at radius 3 is 2.79 bits per heavy atom. The summed E-state index contributed by atoms with van der Waals surface area (Å²) < 4.78 is 5.28. The Bertz CT molecular complexity index is 175. The lowest BCUT2D eigenvalue weighted by Crippen LogP contribution is -2.41. The lowest BCUT2D eigenvalue weighted by molar-refractivity contribution is 0.00824. The van der Waals surface area contributed by atoms with Crippen molar-refractivity contribution in [2.45, 2.75) is 18.4 Å². The standard InChI is InChI=1S/C10H20N2O2/c13-10(1-3-11-9-10)2-4-12-5-7-14-8-6-12/h11,13H,1-9H2. The molecule has 0 amide bonds. The molecule has 2 fully saturated rings. The van der Waals surface area contributed by atoms with Gasteiger partial charge in [0, 0.05) is 26.2 Å². The number of morpholine rings is 1. The number of rotatable bonds is 3. The van der Waals surface area contributed by atoms with E-state index in [1.54, 1.807) is 0 Å². The Morgan fingerprint density at radius 2 is 2.14 bits per heavy atom. The SMILES string of the molecule is OC1(CCN2CCOCC2)CCNC1. The third-order valence-electron chi connectivity index (χ3n) is 3.22. The summed E-state index contributed by atoms with van der Waals surface area (Å²) in [6, 6.07) is 0. The number of hydrogen-bond donors (Lipinski definition) is 2. The minimum Gasteiger partial charge on any atom is -0.388 e. The fraction of sp³-hybridized carbons (Fsp3) is 1.00. The van der Waals surface area contributed by atoms with Crippen molar-refractivity contribution in [3.8, 4) is 0 Å². The first-order valence-electron chi connectivity index (χ1n) is 5.52. The molecule has 0 spiro atoms. The van der Waals surface area contributed by atoms with Gasteiger partial charge in [-0.1, -0.05) is 0 Å². The van der Waals surface area contributed by atoms with Crippen LogP contribution in [0.15, 0.2) is 0 Å². The predicted octanol–water partition coefficient (Wildman–Crippen LogP) is -0.567. The smallest absolute Gasteiger partial charge is 0.0795 e. The maximum absolute atomic E-state index is 10.1. The van der Waals surface area contributed by atoms with Crippen LogP contribution in [0.3, 0.4) is 0 Å². The normalized spacial score (nSPS) is 34.9. The van der Waals surface area contributed by atoms with Gasteiger partial charge in [-0.15, -0.1) is 0 Å². The summed E-state index contributed by atoms with van der Waals surface area (Å²) in [5, 5.41) is 13.3. The van der Waals surface area contributed by atoms with Crippen LogP contribution in [0, 0.1) is 0 Å². The molecule has 0 radical (unpaired) electrons. The average molecular weight is 200 g/mol. The summed E-state index contributed by atoms with van der Waals surface area (Å²) in [5.41, 5.74) is -0.446. The van der Waals surface area contributed by atoms with Gasteiger partial charge in [0.15, 0.2) is 0 Å². The molecule has 2 N–H and O–H groups in total. The molecule has 0 saturated carbocycles. The lowest BCUT2D eigenvalue weighted by Gasteiger charge is -2.30. The van der Waals surface area contributed by atoms with E-state index in [9.17, 15) is 5.11 Å². The van der Waals surface area contributed by atoms with Crippen LogP contribution < -0.4 is 5.32 Å². The van der Waals surface area contributed by atoms with Crippen molar-refractivity contribution in [1.82, 2.24) is 10.2 Å². The molecule has 0 aliphatic carbocycles. The fourth-order valence-corrected chi connectivity index (χ4v) is 2.13. The van der Waals surface area contributed by atoms with E-state index in [0.29, 0.717) is 0 Å². The van der Waals surface area contributed by atoms with Gasteiger partial charge >= 0.3 is 0 Å². The number of aliphatic hydroxyl groups is 1. The van der Waals surface area contributed by atoms with Crippen molar-refractivity contribution in [3.05, 3.63) is 0 Å². The molecule has 2 heterocycles. The molecule has 0 aromatic heterocycles. The Labute approximate surface area is 85.2 Å². The van der Waals surface area contributed by atoms with Gasteiger partial charge in [0.05, 0.1) is 18.8 Å². The highest BCUT2D eigenvalue weighted by Crippen LogP contribution is 2.19. The van der Waals surface area contributed by atoms with Crippen LogP contribution in [0.1, 0.15) is 12.8 Å². The molecule has 1 atom stereocenters. The molecule has 2 aliphatic heterocycles. The van der Waals surface area contributed by atoms with E-state index < -0.39 is 5.60 Å². The van der Waals surface area contributed by atoms with Crippen molar-refractivity contribution in [2.24, 2.45) is 0 Å². The number of β-amino-alcohol motifs (C(OH)–C–C–N with tert-alkyl or cyclic N) is 1. The van der Waals surface area contributed by atoms with Gasteiger partial charge in [-0.2, -0.15) is 0 Å². The van der Waals surface area contributed by atoms with Crippen LogP contribution in [-0.4, -0.2) is 61.5 Å². The molecule has 2 rings (SSSR count). The van der Waals surface area contributed by atoms with Crippen molar-refractivity contribution in [2.75, 3.05) is 45.9 Å². The van der Waals surface area contributed by atoms with Crippen molar-refractivity contribution >= 4 is 0 Å². The van der Waals surface area contributed by atoms with E-state index >= 15 is 0 Å². The number of nitrogens with zero attached hydrogens (tertiary/aromatic N) is 1. The molecule has 4 heteroatoms. The quantitative estimate of drug-likeness (QED) is 0.640. The number of ether oxygens (including phenoxy) is 1. The molecule has 0 aromatic carbocycles. The van der Waals surface area contributed by atoms with Gasteiger partial charge in [-0.05, 0) is 19.4 Å². The molecule has 2 aliphatic rings. The van der Waals surface area contributed by atoms with Crippen LogP contribution >= 0.6 is 0 Å². The van der Waals surface area contributed by atoms with Gasteiger partial charge in [0.25, 0.3) is 0 Å². The largest absolute Gasteiger partial charge is 0.388 e. The zero-order valence-electron chi connectivity index (χ0n) is 8.67. The van der Waals surface area contributed by atoms with E-state index in [-0.39, 0.29) is 0 Å². The second kappa shape index (κ2) is 4.57. The van der Waals surface area contributed by atoms with E-state index in [2.05, 4.69) is 10.2 Å². The minimum absolute atomic E-state index is 0.446. The molecule has 14 heavy (non-hydrogen) atoms. The molecule has 82 valence electrons. The lowest BCUT2D eigenvalue weighted by atomic mass is 9.99. The zero-order chi connectivity index (χ0) is 9.86. The highest BCUT2D eigenvalue weighted by Gasteiger charge is 2.31. The Kier molecular flexibility index (Phi) is 3.38. The van der Waals surface area contributed by atoms with Crippen LogP contribution in [-0.2, 0) is 4.74 Å². The second-order valence-electron chi connectivity index (χ2n) is 4.36. The summed E-state index contributed by atoms with van der Waals surface area (Å²) in [6.07, 6.45) is 1.79. The van der Waals surface area contributed by atoms with Crippen LogP contribution in [0.25, 0.3) is 0 Å². The third-order valence-corrected chi connectivity index (χ3v) is 3.22. The van der Waals surface area contributed by atoms with Crippen LogP contribution in [0.2, 0.25) is 0 Å². The molecule has 4 nitrogen and oxygen atoms in total. The molecule has 2 saturated heterocycles. The topological polar surface area (TPSA) is 44.7 Å². The third kappa shape index (κ3) is 2.67. The van der Waals surface area contributed by atoms with Gasteiger partial charge in [0.2, 0.25) is 0 Å². The molecule has 1 unspecified atom stereocenters. The van der Waals surface area contributed by atoms with Crippen molar-refractivity contribution < 1.29 is 9.84 Å². The maximum Gasteiger partial charge on any atom is 0.0795 e. The summed E-state index contributed by atoms with van der Waals surface area (Å²) >= 11 is 0. The number of hydrogen-bond acceptors (Lipinski definition) is 4. The van der Waals surface area contributed by atoms with E-state index in [1.165, 1.54) is 0 Å². The second-order valence-corrected chi connectivity index (χ2v) is 4.36. The average Bonchev–Trinajstić information content (AvgIpc) is 2.65. The maximum atomic E-state index is 10.1. The summed E-state index contributed by atoms with van der Waals surface area (Å²) in [6.45, 7) is 6.44. The Morgan fingerprint density at radius 1 is 1.36 bits per heavy atom. The van der Waals surface area contributed by atoms with Crippen LogP contribution in [0.5, 0.6) is 0 Å². The van der Waals surface area contributed by atoms with Gasteiger partial charge in [-0.3, -0.25) is 4.90 Å². The summed E-state index contributed by atoms with van der Waals surface area (Å²) in [7, 11) is 0. The van der Waals surface area contributed by atoms with Gasteiger partial charge < -0.3 is 15.2 Å². The highest BCUT2D eigenvalue weighted by molar-refractivity contribution is 4.88. The number of nitrogens with one attached hydrogen (secondary N) is 1. The van der Waals surface area contributed by atoms with Crippen LogP contribution in [0.4, 0.5) is 0 Å². The first kappa shape index (κ1) is 10.4. The molecular weight excluding hydrogens is 180 g/mol. The fourth-order valence-electron chi connectivity index (χ4n) is 2.13. The Balaban J connectivity index is 1.70. The molecular formula is C10H20N2O2. The monoisotopic (exact) mass is 200 g/mol. The first-order valence-corrected chi connectivity index (χ1v) is 5.52. The van der Waals surface area contributed by atoms with E-state index in [0.717, 1.165) is 58.8 Å². The highest BCUT2D eigenvalue weighted by atomic mass is 16.5. The van der Waals surface area contributed by atoms with Crippen molar-refractivity contribution in [1.29, 1.82) is 0 Å². The zero-order valence-corrected chi connectivity index (χ0v) is 8.67. The van der Waals surface area contributed by atoms with E-state index in [4.69, 9.17) is 4.74 Å². The van der Waals surface area contributed by atoms with E-state index in [1.807, 2.05) is 0 Å². The summed E-state index contributed by atoms with van der Waals surface area (Å²) in [5.74, 6) is 0. The molecule has 0 aromatic rings. The molecule has 0 bridgehead atoms. The Hall–Kier alpha value is -0.160. The minimum atomic E-state index is -0.446. The van der Waals surface area contributed by atoms with Gasteiger partial charge in [0.1, 0.15) is 0 Å². The van der Waals surface area contributed by atoms with Gasteiger partial charge in [-0.25, -0.2) is 0 Å². The predicted molar refractivity (Wildman–Crippen MR) is 54.3 cm³/mol. The first-order chi connectivity index (χ1) is 6.79. The summed E-state index contributed by atoms with van der Waals surface area (Å²) in [4.78, 5) is 2.37.